The maximum atomic E-state index is 12.2. The maximum absolute atomic E-state index is 12.2. The van der Waals surface area contributed by atoms with Gasteiger partial charge in [0.2, 0.25) is 5.91 Å². The van der Waals surface area contributed by atoms with E-state index in [1.165, 1.54) is 19.2 Å². The molecule has 0 bridgehead atoms. The standard InChI is InChI=1S/C17H24N4O8/c1-9(23)20-5-2-3-10(7-20)16(26)29-19-12-4-6-21(17(27)18-12)15-14(25)13(24)11(8-22)28-15/h4,6,10-11,13-15,22,24-25H,2-3,5,7-8H2,1H3,(H,18,19,27)/t10?,11-,13-,14-,15-/m1/s1. The summed E-state index contributed by atoms with van der Waals surface area (Å²) in [6, 6.07) is 1.33. The molecule has 2 fully saturated rings. The molecule has 4 N–H and O–H groups in total. The van der Waals surface area contributed by atoms with E-state index in [0.717, 1.165) is 4.57 Å². The third-order valence-electron chi connectivity index (χ3n) is 5.08. The lowest BCUT2D eigenvalue weighted by Gasteiger charge is -2.30. The first-order valence-corrected chi connectivity index (χ1v) is 9.25. The first-order chi connectivity index (χ1) is 13.8. The molecule has 3 heterocycles. The van der Waals surface area contributed by atoms with Crippen LogP contribution in [0, 0.1) is 5.92 Å². The molecule has 2 aliphatic rings. The van der Waals surface area contributed by atoms with Crippen molar-refractivity contribution in [3.63, 3.8) is 0 Å². The number of piperidine rings is 1. The second-order valence-electron chi connectivity index (χ2n) is 7.06. The summed E-state index contributed by atoms with van der Waals surface area (Å²) in [5.74, 6) is -1.18. The summed E-state index contributed by atoms with van der Waals surface area (Å²) in [4.78, 5) is 46.2. The van der Waals surface area contributed by atoms with Gasteiger partial charge in [0.15, 0.2) is 12.0 Å². The topological polar surface area (TPSA) is 163 Å². The van der Waals surface area contributed by atoms with Crippen LogP contribution in [0.25, 0.3) is 0 Å². The minimum atomic E-state index is -1.42. The molecule has 0 saturated carbocycles. The Balaban J connectivity index is 1.60. The number of ether oxygens (including phenoxy) is 1. The van der Waals surface area contributed by atoms with E-state index in [4.69, 9.17) is 14.7 Å². The summed E-state index contributed by atoms with van der Waals surface area (Å²) in [6.45, 7) is 1.80. The normalized spacial score (nSPS) is 29.5. The molecular formula is C17H24N4O8. The molecule has 1 aromatic heterocycles. The summed E-state index contributed by atoms with van der Waals surface area (Å²) < 4.78 is 6.24. The van der Waals surface area contributed by atoms with Crippen molar-refractivity contribution >= 4 is 17.7 Å². The average Bonchev–Trinajstić information content (AvgIpc) is 3.00. The fraction of sp³-hybridized carbons (Fsp3) is 0.647. The molecule has 0 spiro atoms. The monoisotopic (exact) mass is 412 g/mol. The Morgan fingerprint density at radius 3 is 2.76 bits per heavy atom. The number of hydrogen-bond donors (Lipinski definition) is 4. The minimum Gasteiger partial charge on any atom is -0.394 e. The molecule has 0 aliphatic carbocycles. The lowest BCUT2D eigenvalue weighted by Crippen LogP contribution is -2.42. The van der Waals surface area contributed by atoms with Crippen molar-refractivity contribution in [2.75, 3.05) is 25.2 Å². The third-order valence-corrected chi connectivity index (χ3v) is 5.08. The SMILES string of the molecule is CC(=O)N1CCCC(C(=O)ONc2ccn([C@@H]3O[C@H](CO)[C@@H](O)[C@H]3O)c(=O)n2)C1. The van der Waals surface area contributed by atoms with Gasteiger partial charge < -0.3 is 29.8 Å². The Bertz CT molecular complexity index is 815. The first kappa shape index (κ1) is 21.2. The zero-order valence-corrected chi connectivity index (χ0v) is 15.8. The van der Waals surface area contributed by atoms with E-state index in [9.17, 15) is 24.6 Å². The second kappa shape index (κ2) is 8.86. The predicted octanol–water partition coefficient (Wildman–Crippen LogP) is -2.02. The van der Waals surface area contributed by atoms with Crippen molar-refractivity contribution in [2.45, 2.75) is 44.3 Å². The zero-order valence-electron chi connectivity index (χ0n) is 15.8. The summed E-state index contributed by atoms with van der Waals surface area (Å²) >= 11 is 0. The molecule has 5 atom stereocenters. The Morgan fingerprint density at radius 2 is 2.14 bits per heavy atom. The van der Waals surface area contributed by atoms with Crippen LogP contribution in [-0.4, -0.2) is 79.7 Å². The zero-order chi connectivity index (χ0) is 21.1. The third kappa shape index (κ3) is 4.56. The highest BCUT2D eigenvalue weighted by molar-refractivity contribution is 5.77. The van der Waals surface area contributed by atoms with Gasteiger partial charge in [-0.1, -0.05) is 0 Å². The fourth-order valence-corrected chi connectivity index (χ4v) is 3.41. The van der Waals surface area contributed by atoms with E-state index in [2.05, 4.69) is 10.5 Å². The highest BCUT2D eigenvalue weighted by Crippen LogP contribution is 2.28. The Kier molecular flexibility index (Phi) is 6.47. The lowest BCUT2D eigenvalue weighted by molar-refractivity contribution is -0.148. The van der Waals surface area contributed by atoms with Crippen molar-refractivity contribution in [3.05, 3.63) is 22.7 Å². The van der Waals surface area contributed by atoms with Crippen molar-refractivity contribution in [2.24, 2.45) is 5.92 Å². The molecule has 12 nitrogen and oxygen atoms in total. The number of aliphatic hydroxyl groups is 3. The number of nitrogens with zero attached hydrogens (tertiary/aromatic N) is 3. The Labute approximate surface area is 165 Å². The van der Waals surface area contributed by atoms with Crippen LogP contribution >= 0.6 is 0 Å². The van der Waals surface area contributed by atoms with Crippen molar-refractivity contribution < 1.29 is 34.5 Å². The number of amides is 1. The molecule has 2 saturated heterocycles. The molecule has 0 radical (unpaired) electrons. The second-order valence-corrected chi connectivity index (χ2v) is 7.06. The molecule has 1 aromatic rings. The number of nitrogens with one attached hydrogen (secondary N) is 1. The van der Waals surface area contributed by atoms with Gasteiger partial charge in [-0.3, -0.25) is 9.36 Å². The van der Waals surface area contributed by atoms with Gasteiger partial charge in [0.1, 0.15) is 18.3 Å². The summed E-state index contributed by atoms with van der Waals surface area (Å²) in [5, 5.41) is 28.9. The summed E-state index contributed by atoms with van der Waals surface area (Å²) in [5.41, 5.74) is 1.50. The van der Waals surface area contributed by atoms with Crippen molar-refractivity contribution in [3.8, 4) is 0 Å². The molecule has 0 aromatic carbocycles. The van der Waals surface area contributed by atoms with E-state index in [0.29, 0.717) is 19.4 Å². The highest BCUT2D eigenvalue weighted by Gasteiger charge is 2.43. The molecule has 1 amide bonds. The van der Waals surface area contributed by atoms with Gasteiger partial charge in [0, 0.05) is 32.3 Å². The number of hydrogen-bond acceptors (Lipinski definition) is 10. The van der Waals surface area contributed by atoms with Gasteiger partial charge in [-0.05, 0) is 12.8 Å². The van der Waals surface area contributed by atoms with Crippen molar-refractivity contribution in [1.82, 2.24) is 14.5 Å². The fourth-order valence-electron chi connectivity index (χ4n) is 3.41. The highest BCUT2D eigenvalue weighted by atomic mass is 16.7. The number of aromatic nitrogens is 2. The van der Waals surface area contributed by atoms with Crippen LogP contribution in [0.4, 0.5) is 5.82 Å². The Morgan fingerprint density at radius 1 is 1.38 bits per heavy atom. The molecular weight excluding hydrogens is 388 g/mol. The number of anilines is 1. The van der Waals surface area contributed by atoms with E-state index in [1.54, 1.807) is 4.90 Å². The van der Waals surface area contributed by atoms with Gasteiger partial charge in [-0.25, -0.2) is 15.1 Å². The van der Waals surface area contributed by atoms with Gasteiger partial charge in [0.25, 0.3) is 0 Å². The van der Waals surface area contributed by atoms with Gasteiger partial charge in [-0.15, -0.1) is 0 Å². The van der Waals surface area contributed by atoms with Crippen LogP contribution < -0.4 is 11.2 Å². The van der Waals surface area contributed by atoms with E-state index >= 15 is 0 Å². The Hall–Kier alpha value is -2.54. The molecule has 29 heavy (non-hydrogen) atoms. The number of rotatable bonds is 5. The van der Waals surface area contributed by atoms with Gasteiger partial charge in [0.05, 0.1) is 12.5 Å². The number of carbonyl (C=O) groups excluding carboxylic acids is 2. The van der Waals surface area contributed by atoms with E-state index in [1.807, 2.05) is 0 Å². The molecule has 1 unspecified atom stereocenters. The van der Waals surface area contributed by atoms with Gasteiger partial charge >= 0.3 is 11.7 Å². The van der Waals surface area contributed by atoms with E-state index in [-0.39, 0.29) is 18.3 Å². The molecule has 160 valence electrons. The molecule has 12 heteroatoms. The van der Waals surface area contributed by atoms with Crippen molar-refractivity contribution in [1.29, 1.82) is 0 Å². The number of carbonyl (C=O) groups is 2. The largest absolute Gasteiger partial charge is 0.394 e. The van der Waals surface area contributed by atoms with Crippen LogP contribution in [0.1, 0.15) is 26.0 Å². The van der Waals surface area contributed by atoms with Crippen LogP contribution in [-0.2, 0) is 19.2 Å². The number of likely N-dealkylation sites (tertiary alicyclic amines) is 1. The van der Waals surface area contributed by atoms with Crippen LogP contribution in [0.2, 0.25) is 0 Å². The van der Waals surface area contributed by atoms with Crippen LogP contribution in [0.3, 0.4) is 0 Å². The molecule has 3 rings (SSSR count). The predicted molar refractivity (Wildman–Crippen MR) is 96.2 cm³/mol. The first-order valence-electron chi connectivity index (χ1n) is 9.25. The quantitative estimate of drug-likeness (QED) is 0.397. The average molecular weight is 412 g/mol. The lowest BCUT2D eigenvalue weighted by atomic mass is 9.98. The van der Waals surface area contributed by atoms with Crippen LogP contribution in [0.5, 0.6) is 0 Å². The molecule has 2 aliphatic heterocycles. The summed E-state index contributed by atoms with van der Waals surface area (Å²) in [6.07, 6.45) is -2.46. The van der Waals surface area contributed by atoms with Crippen LogP contribution in [0.15, 0.2) is 17.1 Å². The number of aliphatic hydroxyl groups excluding tert-OH is 3. The van der Waals surface area contributed by atoms with Gasteiger partial charge in [-0.2, -0.15) is 4.98 Å². The minimum absolute atomic E-state index is 0.0365. The summed E-state index contributed by atoms with van der Waals surface area (Å²) in [7, 11) is 0. The maximum Gasteiger partial charge on any atom is 0.351 e. The van der Waals surface area contributed by atoms with E-state index < -0.39 is 48.7 Å². The smallest absolute Gasteiger partial charge is 0.351 e.